The van der Waals surface area contributed by atoms with Crippen molar-refractivity contribution in [3.63, 3.8) is 0 Å². The summed E-state index contributed by atoms with van der Waals surface area (Å²) in [6, 6.07) is 12.8. The number of aromatic nitrogens is 3. The summed E-state index contributed by atoms with van der Waals surface area (Å²) >= 11 is 0. The molecule has 0 aliphatic rings. The molecule has 0 bridgehead atoms. The smallest absolute Gasteiger partial charge is 0.119 e. The molecule has 0 saturated heterocycles. The van der Waals surface area contributed by atoms with Crippen LogP contribution in [-0.4, -0.2) is 33.1 Å². The van der Waals surface area contributed by atoms with Crippen molar-refractivity contribution in [2.45, 2.75) is 26.1 Å². The molecule has 3 rings (SSSR count). The van der Waals surface area contributed by atoms with Gasteiger partial charge in [-0.1, -0.05) is 12.1 Å². The van der Waals surface area contributed by atoms with E-state index < -0.39 is 0 Å². The van der Waals surface area contributed by atoms with Gasteiger partial charge >= 0.3 is 0 Å². The first-order chi connectivity index (χ1) is 12.2. The molecule has 5 nitrogen and oxygen atoms in total. The molecule has 0 saturated carbocycles. The van der Waals surface area contributed by atoms with Crippen LogP contribution in [0, 0.1) is 0 Å². The molecule has 0 spiro atoms. The third-order valence-corrected chi connectivity index (χ3v) is 4.38. The molecule has 1 aromatic carbocycles. The lowest BCUT2D eigenvalue weighted by Gasteiger charge is -2.25. The standard InChI is InChI=1S/C20H24N4O/c1-17(19-7-9-21-10-8-19)23(2)15-18-3-5-20(6-4-18)25-14-13-24-12-11-22-16-24/h3-12,16-17H,13-15H2,1-2H3/t17-/m0/s1. The minimum atomic E-state index is 0.342. The van der Waals surface area contributed by atoms with Crippen molar-refractivity contribution in [2.24, 2.45) is 0 Å². The van der Waals surface area contributed by atoms with Crippen molar-refractivity contribution in [1.29, 1.82) is 0 Å². The van der Waals surface area contributed by atoms with Gasteiger partial charge < -0.3 is 9.30 Å². The lowest BCUT2D eigenvalue weighted by molar-refractivity contribution is 0.252. The van der Waals surface area contributed by atoms with E-state index in [2.05, 4.69) is 53.1 Å². The molecular weight excluding hydrogens is 312 g/mol. The topological polar surface area (TPSA) is 43.2 Å². The minimum Gasteiger partial charge on any atom is -0.492 e. The van der Waals surface area contributed by atoms with Gasteiger partial charge in [-0.25, -0.2) is 4.98 Å². The molecule has 0 aliphatic heterocycles. The maximum atomic E-state index is 5.79. The zero-order valence-corrected chi connectivity index (χ0v) is 14.7. The summed E-state index contributed by atoms with van der Waals surface area (Å²) in [5.74, 6) is 0.897. The Morgan fingerprint density at radius 3 is 2.48 bits per heavy atom. The Morgan fingerprint density at radius 1 is 1.04 bits per heavy atom. The summed E-state index contributed by atoms with van der Waals surface area (Å²) in [4.78, 5) is 10.4. The molecule has 25 heavy (non-hydrogen) atoms. The molecule has 0 N–H and O–H groups in total. The van der Waals surface area contributed by atoms with E-state index in [1.165, 1.54) is 11.1 Å². The third-order valence-electron chi connectivity index (χ3n) is 4.38. The average molecular weight is 336 g/mol. The van der Waals surface area contributed by atoms with E-state index >= 15 is 0 Å². The summed E-state index contributed by atoms with van der Waals surface area (Å²) in [5, 5.41) is 0. The summed E-state index contributed by atoms with van der Waals surface area (Å²) in [6.07, 6.45) is 9.20. The first-order valence-corrected chi connectivity index (χ1v) is 8.50. The van der Waals surface area contributed by atoms with E-state index in [4.69, 9.17) is 4.74 Å². The van der Waals surface area contributed by atoms with Crippen LogP contribution in [0.25, 0.3) is 0 Å². The Labute approximate surface area is 148 Å². The summed E-state index contributed by atoms with van der Waals surface area (Å²) in [6.45, 7) is 4.53. The molecule has 2 aromatic heterocycles. The van der Waals surface area contributed by atoms with E-state index in [1.54, 1.807) is 12.5 Å². The van der Waals surface area contributed by atoms with Gasteiger partial charge in [-0.15, -0.1) is 0 Å². The molecule has 0 radical (unpaired) electrons. The van der Waals surface area contributed by atoms with Gasteiger partial charge in [-0.05, 0) is 49.4 Å². The second-order valence-corrected chi connectivity index (χ2v) is 6.16. The van der Waals surface area contributed by atoms with Crippen LogP contribution in [0.4, 0.5) is 0 Å². The molecule has 0 unspecified atom stereocenters. The number of ether oxygens (including phenoxy) is 1. The first kappa shape index (κ1) is 17.2. The van der Waals surface area contributed by atoms with Crippen LogP contribution in [0.1, 0.15) is 24.1 Å². The highest BCUT2D eigenvalue weighted by Crippen LogP contribution is 2.21. The molecule has 0 fully saturated rings. The van der Waals surface area contributed by atoms with Crippen molar-refractivity contribution < 1.29 is 4.74 Å². The molecule has 0 amide bonds. The van der Waals surface area contributed by atoms with E-state index in [-0.39, 0.29) is 0 Å². The number of hydrogen-bond acceptors (Lipinski definition) is 4. The number of pyridine rings is 1. The van der Waals surface area contributed by atoms with Crippen LogP contribution in [0.15, 0.2) is 67.5 Å². The van der Waals surface area contributed by atoms with Gasteiger partial charge in [0, 0.05) is 37.4 Å². The number of benzene rings is 1. The maximum Gasteiger partial charge on any atom is 0.119 e. The van der Waals surface area contributed by atoms with E-state index in [1.807, 2.05) is 35.3 Å². The number of hydrogen-bond donors (Lipinski definition) is 0. The predicted molar refractivity (Wildman–Crippen MR) is 98.3 cm³/mol. The second-order valence-electron chi connectivity index (χ2n) is 6.16. The quantitative estimate of drug-likeness (QED) is 0.631. The van der Waals surface area contributed by atoms with Crippen LogP contribution in [0.5, 0.6) is 5.75 Å². The first-order valence-electron chi connectivity index (χ1n) is 8.50. The molecule has 130 valence electrons. The molecule has 0 aliphatic carbocycles. The van der Waals surface area contributed by atoms with Gasteiger partial charge in [-0.2, -0.15) is 0 Å². The fraction of sp³-hybridized carbons (Fsp3) is 0.300. The third kappa shape index (κ3) is 4.90. The monoisotopic (exact) mass is 336 g/mol. The Balaban J connectivity index is 1.50. The fourth-order valence-electron chi connectivity index (χ4n) is 2.70. The SMILES string of the molecule is C[C@@H](c1ccncc1)N(C)Cc1ccc(OCCn2ccnc2)cc1. The summed E-state index contributed by atoms with van der Waals surface area (Å²) in [7, 11) is 2.14. The summed E-state index contributed by atoms with van der Waals surface area (Å²) in [5.41, 5.74) is 2.54. The Bertz CT molecular complexity index is 741. The molecule has 5 heteroatoms. The second kappa shape index (κ2) is 8.44. The fourth-order valence-corrected chi connectivity index (χ4v) is 2.70. The van der Waals surface area contributed by atoms with E-state index in [0.717, 1.165) is 18.8 Å². The molecule has 3 aromatic rings. The van der Waals surface area contributed by atoms with Gasteiger partial charge in [0.25, 0.3) is 0 Å². The van der Waals surface area contributed by atoms with Crippen LogP contribution < -0.4 is 4.74 Å². The largest absolute Gasteiger partial charge is 0.492 e. The van der Waals surface area contributed by atoms with Gasteiger partial charge in [-0.3, -0.25) is 9.88 Å². The van der Waals surface area contributed by atoms with Crippen molar-refractivity contribution >= 4 is 0 Å². The average Bonchev–Trinajstić information content (AvgIpc) is 3.17. The molecule has 2 heterocycles. The van der Waals surface area contributed by atoms with Crippen LogP contribution in [-0.2, 0) is 13.1 Å². The summed E-state index contributed by atoms with van der Waals surface area (Å²) < 4.78 is 7.79. The number of rotatable bonds is 8. The lowest BCUT2D eigenvalue weighted by Crippen LogP contribution is -2.21. The van der Waals surface area contributed by atoms with Crippen molar-refractivity contribution in [1.82, 2.24) is 19.4 Å². The van der Waals surface area contributed by atoms with Crippen LogP contribution in [0.2, 0.25) is 0 Å². The highest BCUT2D eigenvalue weighted by molar-refractivity contribution is 5.27. The van der Waals surface area contributed by atoms with E-state index in [9.17, 15) is 0 Å². The highest BCUT2D eigenvalue weighted by Gasteiger charge is 2.11. The minimum absolute atomic E-state index is 0.342. The van der Waals surface area contributed by atoms with E-state index in [0.29, 0.717) is 12.6 Å². The highest BCUT2D eigenvalue weighted by atomic mass is 16.5. The van der Waals surface area contributed by atoms with Crippen molar-refractivity contribution in [3.8, 4) is 5.75 Å². The normalized spacial score (nSPS) is 12.3. The predicted octanol–water partition coefficient (Wildman–Crippen LogP) is 3.55. The number of imidazole rings is 1. The van der Waals surface area contributed by atoms with Crippen molar-refractivity contribution in [3.05, 3.63) is 78.6 Å². The van der Waals surface area contributed by atoms with Gasteiger partial charge in [0.1, 0.15) is 12.4 Å². The maximum absolute atomic E-state index is 5.79. The van der Waals surface area contributed by atoms with Gasteiger partial charge in [0.15, 0.2) is 0 Å². The zero-order chi connectivity index (χ0) is 17.5. The van der Waals surface area contributed by atoms with Gasteiger partial charge in [0.05, 0.1) is 12.9 Å². The Hall–Kier alpha value is -2.66. The zero-order valence-electron chi connectivity index (χ0n) is 14.7. The molecular formula is C20H24N4O. The Morgan fingerprint density at radius 2 is 1.80 bits per heavy atom. The van der Waals surface area contributed by atoms with Crippen LogP contribution in [0.3, 0.4) is 0 Å². The van der Waals surface area contributed by atoms with Crippen molar-refractivity contribution in [2.75, 3.05) is 13.7 Å². The number of nitrogens with zero attached hydrogens (tertiary/aromatic N) is 4. The van der Waals surface area contributed by atoms with Crippen LogP contribution >= 0.6 is 0 Å². The Kier molecular flexibility index (Phi) is 5.80. The van der Waals surface area contributed by atoms with Gasteiger partial charge in [0.2, 0.25) is 0 Å². The molecule has 1 atom stereocenters. The lowest BCUT2D eigenvalue weighted by atomic mass is 10.1.